The van der Waals surface area contributed by atoms with Gasteiger partial charge in [-0.05, 0) is 17.5 Å². The molecular formula is C13H18N2O3. The van der Waals surface area contributed by atoms with Gasteiger partial charge in [0.2, 0.25) is 5.91 Å². The van der Waals surface area contributed by atoms with Gasteiger partial charge < -0.3 is 10.4 Å². The van der Waals surface area contributed by atoms with E-state index in [9.17, 15) is 9.59 Å². The molecule has 2 N–H and O–H groups in total. The van der Waals surface area contributed by atoms with Crippen LogP contribution in [0, 0.1) is 11.8 Å². The van der Waals surface area contributed by atoms with E-state index in [1.54, 1.807) is 6.07 Å². The van der Waals surface area contributed by atoms with Gasteiger partial charge in [-0.2, -0.15) is 0 Å². The highest BCUT2D eigenvalue weighted by atomic mass is 16.4. The van der Waals surface area contributed by atoms with Crippen molar-refractivity contribution in [1.82, 2.24) is 10.3 Å². The quantitative estimate of drug-likeness (QED) is 0.833. The van der Waals surface area contributed by atoms with Crippen molar-refractivity contribution in [1.29, 1.82) is 0 Å². The van der Waals surface area contributed by atoms with Gasteiger partial charge in [-0.3, -0.25) is 4.79 Å². The second-order valence-corrected chi connectivity index (χ2v) is 4.61. The molecule has 0 radical (unpaired) electrons. The fraction of sp³-hybridized carbons (Fsp3) is 0.462. The first-order chi connectivity index (χ1) is 8.41. The van der Waals surface area contributed by atoms with Gasteiger partial charge in [0, 0.05) is 18.7 Å². The van der Waals surface area contributed by atoms with E-state index in [2.05, 4.69) is 10.3 Å². The molecule has 1 aromatic heterocycles. The van der Waals surface area contributed by atoms with E-state index in [1.807, 2.05) is 20.8 Å². The topological polar surface area (TPSA) is 79.3 Å². The molecule has 0 bridgehead atoms. The van der Waals surface area contributed by atoms with Crippen LogP contribution in [-0.2, 0) is 11.3 Å². The van der Waals surface area contributed by atoms with Crippen LogP contribution in [-0.4, -0.2) is 22.0 Å². The summed E-state index contributed by atoms with van der Waals surface area (Å²) in [6.45, 7) is 6.23. The summed E-state index contributed by atoms with van der Waals surface area (Å²) in [5, 5.41) is 11.5. The lowest BCUT2D eigenvalue weighted by Crippen LogP contribution is -2.31. The second-order valence-electron chi connectivity index (χ2n) is 4.61. The van der Waals surface area contributed by atoms with Crippen LogP contribution in [0.2, 0.25) is 0 Å². The molecule has 0 saturated carbocycles. The first-order valence-corrected chi connectivity index (χ1v) is 5.87. The van der Waals surface area contributed by atoms with E-state index < -0.39 is 5.97 Å². The van der Waals surface area contributed by atoms with E-state index in [-0.39, 0.29) is 23.4 Å². The SMILES string of the molecule is CC(C)C(C)C(=O)NCc1ccc(C(=O)O)nc1. The van der Waals surface area contributed by atoms with Gasteiger partial charge >= 0.3 is 5.97 Å². The highest BCUT2D eigenvalue weighted by Crippen LogP contribution is 2.09. The molecule has 5 heteroatoms. The molecule has 0 saturated heterocycles. The normalized spacial score (nSPS) is 12.2. The number of amides is 1. The number of carbonyl (C=O) groups excluding carboxylic acids is 1. The fourth-order valence-electron chi connectivity index (χ4n) is 1.31. The number of rotatable bonds is 5. The van der Waals surface area contributed by atoms with E-state index in [0.717, 1.165) is 5.56 Å². The number of hydrogen-bond acceptors (Lipinski definition) is 3. The smallest absolute Gasteiger partial charge is 0.354 e. The van der Waals surface area contributed by atoms with Crippen molar-refractivity contribution in [3.8, 4) is 0 Å². The Hall–Kier alpha value is -1.91. The predicted octanol–water partition coefficient (Wildman–Crippen LogP) is 1.69. The lowest BCUT2D eigenvalue weighted by molar-refractivity contribution is -0.125. The molecule has 0 fully saturated rings. The molecule has 0 aliphatic carbocycles. The predicted molar refractivity (Wildman–Crippen MR) is 67.0 cm³/mol. The van der Waals surface area contributed by atoms with Gasteiger partial charge in [0.1, 0.15) is 5.69 Å². The van der Waals surface area contributed by atoms with Crippen LogP contribution < -0.4 is 5.32 Å². The number of carbonyl (C=O) groups is 2. The Morgan fingerprint density at radius 1 is 1.33 bits per heavy atom. The molecule has 0 aromatic carbocycles. The summed E-state index contributed by atoms with van der Waals surface area (Å²) in [5.74, 6) is -0.819. The van der Waals surface area contributed by atoms with Crippen molar-refractivity contribution in [3.05, 3.63) is 29.6 Å². The summed E-state index contributed by atoms with van der Waals surface area (Å²) in [6.07, 6.45) is 1.46. The molecule has 1 amide bonds. The van der Waals surface area contributed by atoms with E-state index in [1.165, 1.54) is 12.3 Å². The van der Waals surface area contributed by atoms with E-state index >= 15 is 0 Å². The average molecular weight is 250 g/mol. The molecule has 98 valence electrons. The lowest BCUT2D eigenvalue weighted by Gasteiger charge is -2.15. The van der Waals surface area contributed by atoms with Gasteiger partial charge in [0.15, 0.2) is 0 Å². The molecular weight excluding hydrogens is 232 g/mol. The Kier molecular flexibility index (Phi) is 4.83. The summed E-state index contributed by atoms with van der Waals surface area (Å²) < 4.78 is 0. The zero-order valence-electron chi connectivity index (χ0n) is 10.8. The fourth-order valence-corrected chi connectivity index (χ4v) is 1.31. The van der Waals surface area contributed by atoms with Crippen molar-refractivity contribution in [3.63, 3.8) is 0 Å². The van der Waals surface area contributed by atoms with Crippen molar-refractivity contribution in [2.24, 2.45) is 11.8 Å². The minimum atomic E-state index is -1.06. The van der Waals surface area contributed by atoms with Crippen LogP contribution in [0.4, 0.5) is 0 Å². The minimum Gasteiger partial charge on any atom is -0.477 e. The summed E-state index contributed by atoms with van der Waals surface area (Å²) in [6, 6.07) is 3.08. The number of nitrogens with zero attached hydrogens (tertiary/aromatic N) is 1. The number of pyridine rings is 1. The highest BCUT2D eigenvalue weighted by Gasteiger charge is 2.15. The number of aromatic carboxylic acids is 1. The summed E-state index contributed by atoms with van der Waals surface area (Å²) in [5.41, 5.74) is 0.782. The average Bonchev–Trinajstić information content (AvgIpc) is 2.35. The number of nitrogens with one attached hydrogen (secondary N) is 1. The largest absolute Gasteiger partial charge is 0.477 e. The van der Waals surface area contributed by atoms with Crippen molar-refractivity contribution in [2.75, 3.05) is 0 Å². The van der Waals surface area contributed by atoms with Crippen LogP contribution in [0.15, 0.2) is 18.3 Å². The maximum Gasteiger partial charge on any atom is 0.354 e. The Morgan fingerprint density at radius 2 is 2.00 bits per heavy atom. The number of aromatic nitrogens is 1. The second kappa shape index (κ2) is 6.14. The highest BCUT2D eigenvalue weighted by molar-refractivity contribution is 5.85. The van der Waals surface area contributed by atoms with Crippen LogP contribution in [0.5, 0.6) is 0 Å². The first-order valence-electron chi connectivity index (χ1n) is 5.87. The summed E-state index contributed by atoms with van der Waals surface area (Å²) in [4.78, 5) is 26.1. The van der Waals surface area contributed by atoms with Crippen molar-refractivity contribution < 1.29 is 14.7 Å². The Labute approximate surface area is 106 Å². The molecule has 1 aromatic rings. The monoisotopic (exact) mass is 250 g/mol. The van der Waals surface area contributed by atoms with E-state index in [4.69, 9.17) is 5.11 Å². The van der Waals surface area contributed by atoms with Crippen molar-refractivity contribution in [2.45, 2.75) is 27.3 Å². The lowest BCUT2D eigenvalue weighted by atomic mass is 9.97. The molecule has 0 aliphatic rings. The number of carboxylic acids is 1. The summed E-state index contributed by atoms with van der Waals surface area (Å²) >= 11 is 0. The zero-order chi connectivity index (χ0) is 13.7. The third kappa shape index (κ3) is 3.84. The van der Waals surface area contributed by atoms with Gasteiger partial charge in [0.25, 0.3) is 0 Å². The molecule has 1 heterocycles. The van der Waals surface area contributed by atoms with Crippen molar-refractivity contribution >= 4 is 11.9 Å². The van der Waals surface area contributed by atoms with Crippen LogP contribution in [0.25, 0.3) is 0 Å². The molecule has 1 atom stereocenters. The standard InChI is InChI=1S/C13H18N2O3/c1-8(2)9(3)12(16)15-7-10-4-5-11(13(17)18)14-6-10/h4-6,8-9H,7H2,1-3H3,(H,15,16)(H,17,18). The molecule has 1 unspecified atom stereocenters. The first kappa shape index (κ1) is 14.2. The Balaban J connectivity index is 2.54. The van der Waals surface area contributed by atoms with Gasteiger partial charge in [-0.25, -0.2) is 9.78 Å². The zero-order valence-corrected chi connectivity index (χ0v) is 10.8. The van der Waals surface area contributed by atoms with Gasteiger partial charge in [-0.15, -0.1) is 0 Å². The molecule has 0 spiro atoms. The van der Waals surface area contributed by atoms with Gasteiger partial charge in [0.05, 0.1) is 0 Å². The van der Waals surface area contributed by atoms with E-state index in [0.29, 0.717) is 6.54 Å². The maximum atomic E-state index is 11.7. The summed E-state index contributed by atoms with van der Waals surface area (Å²) in [7, 11) is 0. The Bertz CT molecular complexity index is 426. The third-order valence-corrected chi connectivity index (χ3v) is 2.92. The molecule has 0 aliphatic heterocycles. The number of carboxylic acid groups (broad SMARTS) is 1. The maximum absolute atomic E-state index is 11.7. The van der Waals surface area contributed by atoms with Crippen LogP contribution >= 0.6 is 0 Å². The third-order valence-electron chi connectivity index (χ3n) is 2.92. The number of hydrogen-bond donors (Lipinski definition) is 2. The van der Waals surface area contributed by atoms with Crippen LogP contribution in [0.1, 0.15) is 36.8 Å². The Morgan fingerprint density at radius 3 is 2.44 bits per heavy atom. The van der Waals surface area contributed by atoms with Gasteiger partial charge in [-0.1, -0.05) is 26.8 Å². The molecule has 1 rings (SSSR count). The molecule has 18 heavy (non-hydrogen) atoms. The van der Waals surface area contributed by atoms with Crippen LogP contribution in [0.3, 0.4) is 0 Å². The molecule has 5 nitrogen and oxygen atoms in total. The minimum absolute atomic E-state index is 0.000579.